The molecule has 1 amide bonds. The number of carbonyl (C=O) groups is 1. The molecule has 0 saturated heterocycles. The van der Waals surface area contributed by atoms with E-state index in [0.717, 1.165) is 0 Å². The Morgan fingerprint density at radius 3 is 2.75 bits per heavy atom. The van der Waals surface area contributed by atoms with Gasteiger partial charge in [-0.25, -0.2) is 10.8 Å². The number of ether oxygens (including phenoxy) is 1. The fraction of sp³-hybridized carbons (Fsp3) is 0.778. The highest BCUT2D eigenvalue weighted by Crippen LogP contribution is 1.82. The number of carbonyl (C=O) groups excluding carboxylic acids is 1. The summed E-state index contributed by atoms with van der Waals surface area (Å²) in [5, 5.41) is 5.55. The highest BCUT2D eigenvalue weighted by molar-refractivity contribution is 5.88. The van der Waals surface area contributed by atoms with Crippen molar-refractivity contribution >= 4 is 11.9 Å². The lowest BCUT2D eigenvalue weighted by Gasteiger charge is -2.15. The van der Waals surface area contributed by atoms with Crippen LogP contribution in [0.1, 0.15) is 13.8 Å². The zero-order valence-corrected chi connectivity index (χ0v) is 10.0. The number of amides is 1. The molecule has 1 unspecified atom stereocenters. The normalized spacial score (nSPS) is 13.1. The van der Waals surface area contributed by atoms with Gasteiger partial charge in [-0.05, 0) is 13.8 Å². The van der Waals surface area contributed by atoms with Gasteiger partial charge in [0.2, 0.25) is 11.9 Å². The van der Waals surface area contributed by atoms with Crippen molar-refractivity contribution in [2.75, 3.05) is 26.8 Å². The molecule has 0 aromatic heterocycles. The van der Waals surface area contributed by atoms with Crippen molar-refractivity contribution in [2.24, 2.45) is 10.8 Å². The highest BCUT2D eigenvalue weighted by atomic mass is 16.5. The number of hydrazine groups is 1. The van der Waals surface area contributed by atoms with E-state index in [1.165, 1.54) is 0 Å². The molecule has 7 nitrogen and oxygen atoms in total. The molecule has 0 aromatic carbocycles. The molecule has 0 aromatic rings. The largest absolute Gasteiger partial charge is 0.383 e. The Labute approximate surface area is 95.8 Å². The summed E-state index contributed by atoms with van der Waals surface area (Å²) >= 11 is 0. The van der Waals surface area contributed by atoms with E-state index in [2.05, 4.69) is 21.1 Å². The summed E-state index contributed by atoms with van der Waals surface area (Å²) in [6, 6.07) is -0.391. The SMILES string of the molecule is CCNC(=O)C(C)NC(=NCCOC)NN. The summed E-state index contributed by atoms with van der Waals surface area (Å²) in [6.07, 6.45) is 0. The van der Waals surface area contributed by atoms with Crippen LogP contribution in [0.3, 0.4) is 0 Å². The van der Waals surface area contributed by atoms with Crippen molar-refractivity contribution in [3.8, 4) is 0 Å². The van der Waals surface area contributed by atoms with Crippen molar-refractivity contribution < 1.29 is 9.53 Å². The molecule has 0 radical (unpaired) electrons. The first-order valence-corrected chi connectivity index (χ1v) is 5.19. The van der Waals surface area contributed by atoms with E-state index in [4.69, 9.17) is 10.6 Å². The van der Waals surface area contributed by atoms with Crippen LogP contribution in [0.15, 0.2) is 4.99 Å². The second-order valence-electron chi connectivity index (χ2n) is 3.13. The number of nitrogens with zero attached hydrogens (tertiary/aromatic N) is 1. The minimum Gasteiger partial charge on any atom is -0.383 e. The number of nitrogens with two attached hydrogens (primary N) is 1. The van der Waals surface area contributed by atoms with Gasteiger partial charge in [-0.3, -0.25) is 10.2 Å². The summed E-state index contributed by atoms with van der Waals surface area (Å²) in [5.41, 5.74) is 2.39. The van der Waals surface area contributed by atoms with Crippen LogP contribution >= 0.6 is 0 Å². The second-order valence-corrected chi connectivity index (χ2v) is 3.13. The molecule has 0 aliphatic carbocycles. The van der Waals surface area contributed by atoms with Crippen LogP contribution in [0.25, 0.3) is 0 Å². The number of aliphatic imine (C=N–C) groups is 1. The van der Waals surface area contributed by atoms with Gasteiger partial charge in [0.15, 0.2) is 0 Å². The lowest BCUT2D eigenvalue weighted by molar-refractivity contribution is -0.122. The van der Waals surface area contributed by atoms with Gasteiger partial charge in [0, 0.05) is 13.7 Å². The average Bonchev–Trinajstić information content (AvgIpc) is 2.28. The van der Waals surface area contributed by atoms with Crippen molar-refractivity contribution in [1.82, 2.24) is 16.1 Å². The van der Waals surface area contributed by atoms with Crippen molar-refractivity contribution in [1.29, 1.82) is 0 Å². The van der Waals surface area contributed by atoms with E-state index < -0.39 is 6.04 Å². The highest BCUT2D eigenvalue weighted by Gasteiger charge is 2.12. The Bertz CT molecular complexity index is 232. The molecular weight excluding hydrogens is 210 g/mol. The van der Waals surface area contributed by atoms with Gasteiger partial charge < -0.3 is 15.4 Å². The third-order valence-corrected chi connectivity index (χ3v) is 1.80. The number of hydrogen-bond donors (Lipinski definition) is 4. The van der Waals surface area contributed by atoms with Gasteiger partial charge in [-0.15, -0.1) is 0 Å². The van der Waals surface area contributed by atoms with E-state index >= 15 is 0 Å². The summed E-state index contributed by atoms with van der Waals surface area (Å²) in [6.45, 7) is 5.16. The van der Waals surface area contributed by atoms with Crippen molar-refractivity contribution in [3.05, 3.63) is 0 Å². The summed E-state index contributed by atoms with van der Waals surface area (Å²) in [4.78, 5) is 15.5. The Morgan fingerprint density at radius 2 is 2.25 bits per heavy atom. The van der Waals surface area contributed by atoms with E-state index in [-0.39, 0.29) is 5.91 Å². The van der Waals surface area contributed by atoms with Crippen molar-refractivity contribution in [3.63, 3.8) is 0 Å². The number of likely N-dealkylation sites (N-methyl/N-ethyl adjacent to an activating group) is 1. The maximum Gasteiger partial charge on any atom is 0.242 e. The number of methoxy groups -OCH3 is 1. The van der Waals surface area contributed by atoms with Gasteiger partial charge in [-0.2, -0.15) is 0 Å². The number of rotatable bonds is 6. The minimum absolute atomic E-state index is 0.0998. The summed E-state index contributed by atoms with van der Waals surface area (Å²) in [5.74, 6) is 5.53. The maximum absolute atomic E-state index is 11.4. The van der Waals surface area contributed by atoms with Gasteiger partial charge in [0.1, 0.15) is 6.04 Å². The lowest BCUT2D eigenvalue weighted by Crippen LogP contribution is -2.51. The molecule has 0 aliphatic rings. The summed E-state index contributed by atoms with van der Waals surface area (Å²) in [7, 11) is 1.59. The molecule has 94 valence electrons. The maximum atomic E-state index is 11.4. The minimum atomic E-state index is -0.391. The van der Waals surface area contributed by atoms with Crippen LogP contribution in [0.2, 0.25) is 0 Å². The molecule has 0 heterocycles. The van der Waals surface area contributed by atoms with Crippen LogP contribution in [-0.4, -0.2) is 44.7 Å². The van der Waals surface area contributed by atoms with Crippen LogP contribution in [0, 0.1) is 0 Å². The Balaban J connectivity index is 4.09. The van der Waals surface area contributed by atoms with E-state index in [9.17, 15) is 4.79 Å². The van der Waals surface area contributed by atoms with Crippen LogP contribution in [-0.2, 0) is 9.53 Å². The average molecular weight is 231 g/mol. The Hall–Kier alpha value is -1.34. The molecule has 0 saturated carbocycles. The fourth-order valence-corrected chi connectivity index (χ4v) is 0.980. The van der Waals surface area contributed by atoms with Gasteiger partial charge in [-0.1, -0.05) is 0 Å². The number of guanidine groups is 1. The zero-order valence-electron chi connectivity index (χ0n) is 10.0. The molecule has 0 fully saturated rings. The molecule has 16 heavy (non-hydrogen) atoms. The first-order chi connectivity index (χ1) is 7.65. The molecule has 0 spiro atoms. The standard InChI is InChI=1S/C9H21N5O2/c1-4-11-8(15)7(2)13-9(14-10)12-5-6-16-3/h7H,4-6,10H2,1-3H3,(H,11,15)(H2,12,13,14). The molecular formula is C9H21N5O2. The molecule has 7 heteroatoms. The third kappa shape index (κ3) is 6.20. The number of hydrogen-bond acceptors (Lipinski definition) is 4. The van der Waals surface area contributed by atoms with Crippen LogP contribution in [0.4, 0.5) is 0 Å². The molecule has 5 N–H and O–H groups in total. The quantitative estimate of drug-likeness (QED) is 0.148. The Morgan fingerprint density at radius 1 is 1.56 bits per heavy atom. The van der Waals surface area contributed by atoms with Gasteiger partial charge in [0.05, 0.1) is 13.2 Å². The third-order valence-electron chi connectivity index (χ3n) is 1.80. The van der Waals surface area contributed by atoms with Crippen molar-refractivity contribution in [2.45, 2.75) is 19.9 Å². The number of nitrogens with one attached hydrogen (secondary N) is 3. The molecule has 0 bridgehead atoms. The lowest BCUT2D eigenvalue weighted by atomic mass is 10.3. The topological polar surface area (TPSA) is 101 Å². The summed E-state index contributed by atoms with van der Waals surface area (Å²) < 4.78 is 4.84. The van der Waals surface area contributed by atoms with E-state index in [0.29, 0.717) is 25.7 Å². The van der Waals surface area contributed by atoms with Crippen LogP contribution < -0.4 is 21.9 Å². The molecule has 1 atom stereocenters. The first kappa shape index (κ1) is 14.7. The van der Waals surface area contributed by atoms with Crippen LogP contribution in [0.5, 0.6) is 0 Å². The first-order valence-electron chi connectivity index (χ1n) is 5.19. The van der Waals surface area contributed by atoms with E-state index in [1.54, 1.807) is 14.0 Å². The van der Waals surface area contributed by atoms with Gasteiger partial charge in [0.25, 0.3) is 0 Å². The predicted molar refractivity (Wildman–Crippen MR) is 62.8 cm³/mol. The Kier molecular flexibility index (Phi) is 8.18. The monoisotopic (exact) mass is 231 g/mol. The predicted octanol–water partition coefficient (Wildman–Crippen LogP) is -1.43. The fourth-order valence-electron chi connectivity index (χ4n) is 0.980. The molecule has 0 rings (SSSR count). The smallest absolute Gasteiger partial charge is 0.242 e. The van der Waals surface area contributed by atoms with Gasteiger partial charge >= 0.3 is 0 Å². The van der Waals surface area contributed by atoms with E-state index in [1.807, 2.05) is 6.92 Å². The molecule has 0 aliphatic heterocycles. The zero-order chi connectivity index (χ0) is 12.4. The second kappa shape index (κ2) is 8.93.